The van der Waals surface area contributed by atoms with Crippen molar-refractivity contribution in [3.63, 3.8) is 0 Å². The second kappa shape index (κ2) is 5.21. The number of nitrogens with zero attached hydrogens (tertiary/aromatic N) is 3. The van der Waals surface area contributed by atoms with Gasteiger partial charge in [-0.3, -0.25) is 4.79 Å². The molecule has 0 radical (unpaired) electrons. The largest absolute Gasteiger partial charge is 0.353 e. The summed E-state index contributed by atoms with van der Waals surface area (Å²) >= 11 is 0. The van der Waals surface area contributed by atoms with E-state index in [-0.39, 0.29) is 11.3 Å². The first kappa shape index (κ1) is 14.0. The van der Waals surface area contributed by atoms with Crippen LogP contribution in [0.1, 0.15) is 44.1 Å². The lowest BCUT2D eigenvalue weighted by atomic mass is 9.89. The number of aromatic nitrogens is 2. The van der Waals surface area contributed by atoms with Gasteiger partial charge in [0.25, 0.3) is 0 Å². The van der Waals surface area contributed by atoms with Crippen molar-refractivity contribution in [2.24, 2.45) is 11.3 Å². The zero-order chi connectivity index (χ0) is 15.2. The Morgan fingerprint density at radius 3 is 2.55 bits per heavy atom. The van der Waals surface area contributed by atoms with E-state index in [4.69, 9.17) is 0 Å². The van der Waals surface area contributed by atoms with Gasteiger partial charge < -0.3 is 10.2 Å². The number of piperidine rings is 1. The summed E-state index contributed by atoms with van der Waals surface area (Å²) in [5.41, 5.74) is 1.36. The summed E-state index contributed by atoms with van der Waals surface area (Å²) in [7, 11) is 0. The number of rotatable bonds is 3. The van der Waals surface area contributed by atoms with Crippen molar-refractivity contribution in [2.75, 3.05) is 18.0 Å². The number of hydrogen-bond donors (Lipinski definition) is 1. The van der Waals surface area contributed by atoms with Crippen molar-refractivity contribution >= 4 is 11.9 Å². The third-order valence-corrected chi connectivity index (χ3v) is 5.77. The molecule has 0 aromatic carbocycles. The van der Waals surface area contributed by atoms with Gasteiger partial charge in [0.15, 0.2) is 0 Å². The maximum absolute atomic E-state index is 12.3. The minimum Gasteiger partial charge on any atom is -0.353 e. The summed E-state index contributed by atoms with van der Waals surface area (Å²) in [6.45, 7) is 3.94. The molecule has 1 amide bonds. The van der Waals surface area contributed by atoms with Crippen molar-refractivity contribution in [3.05, 3.63) is 18.0 Å². The van der Waals surface area contributed by atoms with Crippen LogP contribution in [0.2, 0.25) is 0 Å². The second-order valence-electron chi connectivity index (χ2n) is 7.30. The topological polar surface area (TPSA) is 58.1 Å². The molecule has 1 spiro atoms. The molecule has 0 bridgehead atoms. The molecule has 2 heterocycles. The highest BCUT2D eigenvalue weighted by Crippen LogP contribution is 2.59. The fraction of sp³-hybridized carbons (Fsp3) is 0.706. The van der Waals surface area contributed by atoms with E-state index in [1.807, 2.05) is 19.3 Å². The Morgan fingerprint density at radius 2 is 1.95 bits per heavy atom. The number of anilines is 1. The number of hydrogen-bond acceptors (Lipinski definition) is 4. The van der Waals surface area contributed by atoms with Crippen LogP contribution >= 0.6 is 0 Å². The predicted molar refractivity (Wildman–Crippen MR) is 84.5 cm³/mol. The van der Waals surface area contributed by atoms with Crippen molar-refractivity contribution in [1.82, 2.24) is 15.3 Å². The van der Waals surface area contributed by atoms with E-state index >= 15 is 0 Å². The van der Waals surface area contributed by atoms with E-state index in [0.29, 0.717) is 11.9 Å². The van der Waals surface area contributed by atoms with Crippen LogP contribution in [0.4, 0.5) is 5.95 Å². The number of carbonyl (C=O) groups excluding carboxylic acids is 1. The second-order valence-corrected chi connectivity index (χ2v) is 7.30. The van der Waals surface area contributed by atoms with E-state index in [0.717, 1.165) is 43.9 Å². The molecule has 1 aliphatic heterocycles. The lowest BCUT2D eigenvalue weighted by molar-refractivity contribution is -0.124. The van der Waals surface area contributed by atoms with E-state index in [1.54, 1.807) is 0 Å². The molecule has 22 heavy (non-hydrogen) atoms. The van der Waals surface area contributed by atoms with Crippen LogP contribution in [0.5, 0.6) is 0 Å². The van der Waals surface area contributed by atoms with Crippen LogP contribution in [0.3, 0.4) is 0 Å². The highest BCUT2D eigenvalue weighted by molar-refractivity contribution is 5.83. The summed E-state index contributed by atoms with van der Waals surface area (Å²) in [5.74, 6) is 1.40. The van der Waals surface area contributed by atoms with Crippen LogP contribution in [-0.2, 0) is 4.79 Å². The molecule has 0 unspecified atom stereocenters. The molecule has 1 N–H and O–H groups in total. The number of amides is 1. The SMILES string of the molecule is Cc1cnc(N2CCC3(CC2)C[C@@H]3C(=O)NC2CCC2)nc1. The summed E-state index contributed by atoms with van der Waals surface area (Å²) < 4.78 is 0. The average molecular weight is 300 g/mol. The number of nitrogens with one attached hydrogen (secondary N) is 1. The van der Waals surface area contributed by atoms with Crippen LogP contribution in [0, 0.1) is 18.3 Å². The third-order valence-electron chi connectivity index (χ3n) is 5.77. The van der Waals surface area contributed by atoms with Gasteiger partial charge in [-0.2, -0.15) is 0 Å². The Balaban J connectivity index is 1.32. The fourth-order valence-corrected chi connectivity index (χ4v) is 3.83. The molecular weight excluding hydrogens is 276 g/mol. The highest BCUT2D eigenvalue weighted by atomic mass is 16.2. The summed E-state index contributed by atoms with van der Waals surface area (Å²) in [6.07, 6.45) is 10.6. The van der Waals surface area contributed by atoms with E-state index < -0.39 is 0 Å². The third kappa shape index (κ3) is 2.46. The normalized spacial score (nSPS) is 26.6. The van der Waals surface area contributed by atoms with Crippen LogP contribution in [-0.4, -0.2) is 35.0 Å². The Bertz CT molecular complexity index is 559. The van der Waals surface area contributed by atoms with Gasteiger partial charge in [-0.15, -0.1) is 0 Å². The van der Waals surface area contributed by atoms with Gasteiger partial charge in [-0.1, -0.05) is 0 Å². The van der Waals surface area contributed by atoms with Gasteiger partial charge in [-0.25, -0.2) is 9.97 Å². The number of aryl methyl sites for hydroxylation is 1. The predicted octanol–water partition coefficient (Wildman–Crippen LogP) is 2.06. The lowest BCUT2D eigenvalue weighted by Gasteiger charge is -2.33. The molecule has 4 rings (SSSR count). The molecule has 5 nitrogen and oxygen atoms in total. The molecule has 1 aromatic rings. The van der Waals surface area contributed by atoms with Gasteiger partial charge in [0.05, 0.1) is 0 Å². The standard InChI is InChI=1S/C17H24N4O/c1-12-10-18-16(19-11-12)21-7-5-17(6-8-21)9-14(17)15(22)20-13-3-2-4-13/h10-11,13-14H,2-9H2,1H3,(H,20,22)/t14-/m1/s1. The van der Waals surface area contributed by atoms with Gasteiger partial charge in [0.1, 0.15) is 0 Å². The fourth-order valence-electron chi connectivity index (χ4n) is 3.83. The zero-order valence-electron chi connectivity index (χ0n) is 13.2. The van der Waals surface area contributed by atoms with Gasteiger partial charge in [0, 0.05) is 37.4 Å². The van der Waals surface area contributed by atoms with E-state index in [9.17, 15) is 4.79 Å². The van der Waals surface area contributed by atoms with E-state index in [1.165, 1.54) is 19.3 Å². The van der Waals surface area contributed by atoms with Crippen molar-refractivity contribution in [1.29, 1.82) is 0 Å². The molecule has 3 fully saturated rings. The molecule has 1 atom stereocenters. The molecule has 3 aliphatic rings. The molecule has 2 aliphatic carbocycles. The minimum absolute atomic E-state index is 0.259. The first-order chi connectivity index (χ1) is 10.7. The van der Waals surface area contributed by atoms with Crippen molar-refractivity contribution in [2.45, 2.75) is 51.5 Å². The average Bonchev–Trinajstić information content (AvgIpc) is 3.18. The molecule has 1 aromatic heterocycles. The Labute approximate surface area is 131 Å². The van der Waals surface area contributed by atoms with Crippen LogP contribution in [0.25, 0.3) is 0 Å². The van der Waals surface area contributed by atoms with Crippen LogP contribution in [0.15, 0.2) is 12.4 Å². The molecule has 2 saturated carbocycles. The minimum atomic E-state index is 0.259. The van der Waals surface area contributed by atoms with Gasteiger partial charge in [-0.05, 0) is 56.4 Å². The lowest BCUT2D eigenvalue weighted by Crippen LogP contribution is -2.42. The van der Waals surface area contributed by atoms with Crippen molar-refractivity contribution in [3.8, 4) is 0 Å². The molecule has 5 heteroatoms. The van der Waals surface area contributed by atoms with Gasteiger partial charge in [0.2, 0.25) is 11.9 Å². The Kier molecular flexibility index (Phi) is 3.31. The Morgan fingerprint density at radius 1 is 1.27 bits per heavy atom. The van der Waals surface area contributed by atoms with Crippen LogP contribution < -0.4 is 10.2 Å². The molecular formula is C17H24N4O. The van der Waals surface area contributed by atoms with E-state index in [2.05, 4.69) is 20.2 Å². The molecule has 118 valence electrons. The smallest absolute Gasteiger partial charge is 0.225 e. The first-order valence-corrected chi connectivity index (χ1v) is 8.50. The van der Waals surface area contributed by atoms with Gasteiger partial charge >= 0.3 is 0 Å². The zero-order valence-corrected chi connectivity index (χ0v) is 13.2. The number of carbonyl (C=O) groups is 1. The highest BCUT2D eigenvalue weighted by Gasteiger charge is 2.58. The maximum Gasteiger partial charge on any atom is 0.225 e. The quantitative estimate of drug-likeness (QED) is 0.928. The summed E-state index contributed by atoms with van der Waals surface area (Å²) in [4.78, 5) is 23.4. The monoisotopic (exact) mass is 300 g/mol. The summed E-state index contributed by atoms with van der Waals surface area (Å²) in [5, 5.41) is 3.22. The molecule has 1 saturated heterocycles. The first-order valence-electron chi connectivity index (χ1n) is 8.50. The summed E-state index contributed by atoms with van der Waals surface area (Å²) in [6, 6.07) is 0.464. The maximum atomic E-state index is 12.3. The van der Waals surface area contributed by atoms with Crippen molar-refractivity contribution < 1.29 is 4.79 Å². The Hall–Kier alpha value is -1.65.